The van der Waals surface area contributed by atoms with E-state index in [1.807, 2.05) is 36.4 Å². The molecule has 6 heteroatoms. The van der Waals surface area contributed by atoms with Crippen molar-refractivity contribution in [1.29, 1.82) is 0 Å². The molecule has 1 atom stereocenters. The number of carbonyl (C=O) groups excluding carboxylic acids is 2. The molecule has 1 aliphatic heterocycles. The van der Waals surface area contributed by atoms with Gasteiger partial charge in [0.05, 0.1) is 18.9 Å². The van der Waals surface area contributed by atoms with Crippen LogP contribution < -0.4 is 0 Å². The third-order valence-electron chi connectivity index (χ3n) is 5.23. The number of benzene rings is 1. The predicted octanol–water partition coefficient (Wildman–Crippen LogP) is 3.43. The van der Waals surface area contributed by atoms with Crippen LogP contribution in [0.2, 0.25) is 0 Å². The van der Waals surface area contributed by atoms with Crippen LogP contribution in [-0.4, -0.2) is 54.0 Å². The van der Waals surface area contributed by atoms with E-state index in [9.17, 15) is 9.59 Å². The Kier molecular flexibility index (Phi) is 8.27. The van der Waals surface area contributed by atoms with Crippen LogP contribution in [0, 0.1) is 0 Å². The lowest BCUT2D eigenvalue weighted by atomic mass is 10.1. The van der Waals surface area contributed by atoms with Gasteiger partial charge in [0.15, 0.2) is 0 Å². The molecule has 6 nitrogen and oxygen atoms in total. The van der Waals surface area contributed by atoms with Gasteiger partial charge < -0.3 is 19.0 Å². The molecule has 1 aliphatic rings. The summed E-state index contributed by atoms with van der Waals surface area (Å²) >= 11 is 0. The minimum absolute atomic E-state index is 0.0209. The molecule has 160 valence electrons. The van der Waals surface area contributed by atoms with Crippen LogP contribution in [-0.2, 0) is 27.3 Å². The van der Waals surface area contributed by atoms with Gasteiger partial charge in [0.25, 0.3) is 0 Å². The van der Waals surface area contributed by atoms with Gasteiger partial charge in [-0.3, -0.25) is 9.59 Å². The smallest absolute Gasteiger partial charge is 0.242 e. The molecule has 0 bridgehead atoms. The first-order chi connectivity index (χ1) is 14.7. The molecule has 1 unspecified atom stereocenters. The first-order valence-electron chi connectivity index (χ1n) is 10.5. The minimum atomic E-state index is -0.114. The van der Waals surface area contributed by atoms with Gasteiger partial charge >= 0.3 is 0 Å². The molecule has 2 aromatic rings. The molecule has 30 heavy (non-hydrogen) atoms. The number of hydrogen-bond acceptors (Lipinski definition) is 4. The van der Waals surface area contributed by atoms with Crippen molar-refractivity contribution in [3.05, 3.63) is 72.7 Å². The third kappa shape index (κ3) is 6.59. The molecule has 1 fully saturated rings. The molecule has 1 saturated heterocycles. The van der Waals surface area contributed by atoms with E-state index in [4.69, 9.17) is 9.15 Å². The van der Waals surface area contributed by atoms with Crippen LogP contribution in [0.25, 0.3) is 0 Å². The minimum Gasteiger partial charge on any atom is -0.467 e. The van der Waals surface area contributed by atoms with Gasteiger partial charge in [0, 0.05) is 26.1 Å². The molecule has 0 saturated carbocycles. The van der Waals surface area contributed by atoms with Gasteiger partial charge in [-0.1, -0.05) is 36.4 Å². The average molecular weight is 411 g/mol. The number of nitrogens with zero attached hydrogens (tertiary/aromatic N) is 2. The van der Waals surface area contributed by atoms with Crippen LogP contribution in [0.1, 0.15) is 30.6 Å². The van der Waals surface area contributed by atoms with Gasteiger partial charge in [-0.15, -0.1) is 6.58 Å². The Morgan fingerprint density at radius 2 is 1.93 bits per heavy atom. The van der Waals surface area contributed by atoms with Crippen molar-refractivity contribution in [2.45, 2.75) is 38.3 Å². The zero-order chi connectivity index (χ0) is 21.2. The predicted molar refractivity (Wildman–Crippen MR) is 115 cm³/mol. The molecule has 0 aliphatic carbocycles. The largest absolute Gasteiger partial charge is 0.467 e. The summed E-state index contributed by atoms with van der Waals surface area (Å²) in [4.78, 5) is 29.2. The Balaban J connectivity index is 1.61. The summed E-state index contributed by atoms with van der Waals surface area (Å²) in [6.45, 7) is 5.70. The molecule has 0 radical (unpaired) electrons. The Morgan fingerprint density at radius 1 is 1.10 bits per heavy atom. The highest BCUT2D eigenvalue weighted by molar-refractivity contribution is 5.85. The van der Waals surface area contributed by atoms with E-state index in [2.05, 4.69) is 6.58 Å². The van der Waals surface area contributed by atoms with Crippen LogP contribution in [0.4, 0.5) is 0 Å². The third-order valence-corrected chi connectivity index (χ3v) is 5.23. The number of aryl methyl sites for hydroxylation is 1. The summed E-state index contributed by atoms with van der Waals surface area (Å²) < 4.78 is 11.2. The molecule has 1 aromatic carbocycles. The Hall–Kier alpha value is -2.86. The number of ether oxygens (including phenoxy) is 1. The molecule has 2 heterocycles. The van der Waals surface area contributed by atoms with Crippen molar-refractivity contribution >= 4 is 11.8 Å². The van der Waals surface area contributed by atoms with Gasteiger partial charge in [-0.2, -0.15) is 0 Å². The van der Waals surface area contributed by atoms with Gasteiger partial charge in [-0.25, -0.2) is 0 Å². The number of furan rings is 1. The maximum absolute atomic E-state index is 13.1. The Bertz CT molecular complexity index is 798. The van der Waals surface area contributed by atoms with Crippen molar-refractivity contribution in [2.24, 2.45) is 0 Å². The van der Waals surface area contributed by atoms with E-state index >= 15 is 0 Å². The fourth-order valence-corrected chi connectivity index (χ4v) is 3.61. The number of amides is 2. The quantitative estimate of drug-likeness (QED) is 0.533. The zero-order valence-electron chi connectivity index (χ0n) is 17.4. The number of hydrogen-bond donors (Lipinski definition) is 0. The van der Waals surface area contributed by atoms with E-state index in [1.165, 1.54) is 0 Å². The lowest BCUT2D eigenvalue weighted by Gasteiger charge is -2.28. The molecular formula is C24H30N2O4. The molecule has 0 spiro atoms. The van der Waals surface area contributed by atoms with Crippen molar-refractivity contribution in [3.8, 4) is 0 Å². The van der Waals surface area contributed by atoms with E-state index in [0.717, 1.165) is 25.0 Å². The van der Waals surface area contributed by atoms with Crippen molar-refractivity contribution in [3.63, 3.8) is 0 Å². The normalized spacial score (nSPS) is 15.7. The highest BCUT2D eigenvalue weighted by Gasteiger charge is 2.26. The average Bonchev–Trinajstić information content (AvgIpc) is 3.46. The van der Waals surface area contributed by atoms with Crippen LogP contribution >= 0.6 is 0 Å². The number of carbonyl (C=O) groups is 2. The fourth-order valence-electron chi connectivity index (χ4n) is 3.61. The fraction of sp³-hybridized carbons (Fsp3) is 0.417. The van der Waals surface area contributed by atoms with Crippen molar-refractivity contribution in [1.82, 2.24) is 9.80 Å². The van der Waals surface area contributed by atoms with Crippen LogP contribution in [0.5, 0.6) is 0 Å². The van der Waals surface area contributed by atoms with Gasteiger partial charge in [-0.05, 0) is 37.0 Å². The second kappa shape index (κ2) is 11.4. The van der Waals surface area contributed by atoms with E-state index < -0.39 is 0 Å². The Labute approximate surface area is 178 Å². The maximum Gasteiger partial charge on any atom is 0.242 e. The van der Waals surface area contributed by atoms with E-state index in [1.54, 1.807) is 28.2 Å². The highest BCUT2D eigenvalue weighted by atomic mass is 16.5. The van der Waals surface area contributed by atoms with Crippen LogP contribution in [0.3, 0.4) is 0 Å². The van der Waals surface area contributed by atoms with E-state index in [0.29, 0.717) is 38.2 Å². The van der Waals surface area contributed by atoms with Gasteiger partial charge in [0.1, 0.15) is 12.3 Å². The summed E-state index contributed by atoms with van der Waals surface area (Å²) in [5, 5.41) is 0. The first-order valence-corrected chi connectivity index (χ1v) is 10.5. The maximum atomic E-state index is 13.1. The molecular weight excluding hydrogens is 380 g/mol. The summed E-state index contributed by atoms with van der Waals surface area (Å²) in [5.74, 6) is 0.547. The van der Waals surface area contributed by atoms with Gasteiger partial charge in [0.2, 0.25) is 11.8 Å². The van der Waals surface area contributed by atoms with E-state index in [-0.39, 0.29) is 24.5 Å². The number of rotatable bonds is 11. The van der Waals surface area contributed by atoms with Crippen molar-refractivity contribution in [2.75, 3.05) is 26.2 Å². The highest BCUT2D eigenvalue weighted by Crippen LogP contribution is 2.16. The summed E-state index contributed by atoms with van der Waals surface area (Å²) in [7, 11) is 0. The Morgan fingerprint density at radius 3 is 2.60 bits per heavy atom. The second-order valence-corrected chi connectivity index (χ2v) is 7.54. The molecule has 3 rings (SSSR count). The SMILES string of the molecule is C=CCN(CC(=O)N(Cc1ccco1)CC1CCCO1)C(=O)CCc1ccccc1. The summed E-state index contributed by atoms with van der Waals surface area (Å²) in [6, 6.07) is 13.5. The summed E-state index contributed by atoms with van der Waals surface area (Å²) in [5.41, 5.74) is 1.11. The topological polar surface area (TPSA) is 63.0 Å². The standard InChI is InChI=1S/C24H30N2O4/c1-2-14-25(23(27)13-12-20-8-4-3-5-9-20)19-24(28)26(17-21-10-6-15-29-21)18-22-11-7-16-30-22/h2-6,8-10,15,22H,1,7,11-14,16-19H2. The monoisotopic (exact) mass is 410 g/mol. The van der Waals surface area contributed by atoms with Crippen LogP contribution in [0.15, 0.2) is 65.8 Å². The second-order valence-electron chi connectivity index (χ2n) is 7.54. The molecule has 0 N–H and O–H groups in total. The lowest BCUT2D eigenvalue weighted by molar-refractivity contribution is -0.141. The molecule has 1 aromatic heterocycles. The summed E-state index contributed by atoms with van der Waals surface area (Å²) in [6.07, 6.45) is 6.24. The zero-order valence-corrected chi connectivity index (χ0v) is 17.4. The lowest BCUT2D eigenvalue weighted by Crippen LogP contribution is -2.45. The molecule has 2 amide bonds. The first kappa shape index (κ1) is 21.8. The van der Waals surface area contributed by atoms with Crippen molar-refractivity contribution < 1.29 is 18.7 Å².